The molecule has 1 aliphatic heterocycles. The summed E-state index contributed by atoms with van der Waals surface area (Å²) < 4.78 is 11.5. The van der Waals surface area contributed by atoms with Crippen molar-refractivity contribution < 1.29 is 19.4 Å². The maximum absolute atomic E-state index is 12.9. The Bertz CT molecular complexity index is 1410. The number of H-pyrrole nitrogens is 2. The van der Waals surface area contributed by atoms with Crippen LogP contribution in [0.1, 0.15) is 39.6 Å². The molecule has 2 unspecified atom stereocenters. The van der Waals surface area contributed by atoms with Gasteiger partial charge in [0.05, 0.1) is 17.8 Å². The topological polar surface area (TPSA) is 129 Å². The van der Waals surface area contributed by atoms with Gasteiger partial charge in [-0.25, -0.2) is 4.79 Å². The van der Waals surface area contributed by atoms with Gasteiger partial charge < -0.3 is 24.9 Å². The Balaban J connectivity index is 1.25. The molecule has 1 aliphatic rings. The number of para-hydroxylation sites is 1. The van der Waals surface area contributed by atoms with Gasteiger partial charge in [0.15, 0.2) is 0 Å². The summed E-state index contributed by atoms with van der Waals surface area (Å²) >= 11 is 0. The van der Waals surface area contributed by atoms with E-state index in [1.807, 2.05) is 37.3 Å². The van der Waals surface area contributed by atoms with Gasteiger partial charge in [0.25, 0.3) is 5.91 Å². The number of aromatic nitrogens is 3. The van der Waals surface area contributed by atoms with Crippen LogP contribution in [0.5, 0.6) is 11.6 Å². The average molecular weight is 475 g/mol. The van der Waals surface area contributed by atoms with Crippen LogP contribution in [-0.4, -0.2) is 45.2 Å². The molecule has 0 aliphatic carbocycles. The van der Waals surface area contributed by atoms with Crippen LogP contribution in [0.4, 0.5) is 0 Å². The number of aryl methyl sites for hydroxylation is 1. The second-order valence-electron chi connectivity index (χ2n) is 8.64. The lowest BCUT2D eigenvalue weighted by Crippen LogP contribution is -2.44. The van der Waals surface area contributed by atoms with Gasteiger partial charge >= 0.3 is 5.69 Å². The highest BCUT2D eigenvalue weighted by molar-refractivity contribution is 5.94. The van der Waals surface area contributed by atoms with Gasteiger partial charge in [-0.1, -0.05) is 18.2 Å². The number of rotatable bonds is 6. The summed E-state index contributed by atoms with van der Waals surface area (Å²) in [6.07, 6.45) is 0.559. The molecule has 1 amide bonds. The summed E-state index contributed by atoms with van der Waals surface area (Å²) in [4.78, 5) is 33.9. The zero-order valence-corrected chi connectivity index (χ0v) is 19.2. The summed E-state index contributed by atoms with van der Waals surface area (Å²) in [7, 11) is 0. The third kappa shape index (κ3) is 4.90. The summed E-state index contributed by atoms with van der Waals surface area (Å²) in [6, 6.07) is 16.6. The van der Waals surface area contributed by atoms with Crippen LogP contribution in [0.3, 0.4) is 0 Å². The smallest absolute Gasteiger partial charge is 0.325 e. The monoisotopic (exact) mass is 474 g/mol. The van der Waals surface area contributed by atoms with Crippen LogP contribution in [0.15, 0.2) is 59.4 Å². The fourth-order valence-corrected chi connectivity index (χ4v) is 4.48. The van der Waals surface area contributed by atoms with Crippen LogP contribution in [-0.2, 0) is 11.3 Å². The fraction of sp³-hybridized carbons (Fsp3) is 0.269. The molecular weight excluding hydrogens is 448 g/mol. The average Bonchev–Trinajstić information content (AvgIpc) is 3.20. The number of pyridine rings is 1. The van der Waals surface area contributed by atoms with Crippen molar-refractivity contribution in [1.82, 2.24) is 20.3 Å². The van der Waals surface area contributed by atoms with Crippen LogP contribution in [0, 0.1) is 6.92 Å². The predicted octanol–water partition coefficient (Wildman–Crippen LogP) is 3.15. The van der Waals surface area contributed by atoms with Gasteiger partial charge in [0, 0.05) is 40.8 Å². The number of carbonyl (C=O) groups excluding carboxylic acids is 1. The van der Waals surface area contributed by atoms with Gasteiger partial charge in [-0.15, -0.1) is 0 Å². The molecule has 180 valence electrons. The van der Waals surface area contributed by atoms with Gasteiger partial charge in [-0.2, -0.15) is 0 Å². The molecule has 9 heteroatoms. The normalized spacial score (nSPS) is 17.9. The van der Waals surface area contributed by atoms with E-state index in [9.17, 15) is 14.7 Å². The number of fused-ring (bicyclic) bond motifs is 1. The van der Waals surface area contributed by atoms with Crippen molar-refractivity contribution >= 4 is 16.8 Å². The Hall–Kier alpha value is -4.11. The second-order valence-corrected chi connectivity index (χ2v) is 8.64. The van der Waals surface area contributed by atoms with E-state index in [1.165, 1.54) is 0 Å². The highest BCUT2D eigenvalue weighted by Gasteiger charge is 2.32. The van der Waals surface area contributed by atoms with Crippen molar-refractivity contribution in [2.45, 2.75) is 31.9 Å². The van der Waals surface area contributed by atoms with Crippen molar-refractivity contribution in [3.63, 3.8) is 0 Å². The minimum atomic E-state index is -0.501. The van der Waals surface area contributed by atoms with Gasteiger partial charge in [-0.05, 0) is 49.7 Å². The van der Waals surface area contributed by atoms with E-state index in [1.54, 1.807) is 24.3 Å². The van der Waals surface area contributed by atoms with E-state index in [-0.39, 0.29) is 30.4 Å². The number of amides is 1. The minimum absolute atomic E-state index is 0.233. The molecule has 4 aromatic rings. The van der Waals surface area contributed by atoms with Crippen molar-refractivity contribution in [2.75, 3.05) is 13.2 Å². The first-order valence-corrected chi connectivity index (χ1v) is 11.5. The summed E-state index contributed by atoms with van der Waals surface area (Å²) in [5.74, 6) is -0.197. The van der Waals surface area contributed by atoms with Crippen LogP contribution in [0.2, 0.25) is 0 Å². The fourth-order valence-electron chi connectivity index (χ4n) is 4.48. The number of hydrogen-bond donors (Lipinski definition) is 4. The zero-order chi connectivity index (χ0) is 24.4. The molecule has 3 heterocycles. The minimum Gasteiger partial charge on any atom is -0.493 e. The third-order valence-corrected chi connectivity index (χ3v) is 6.22. The van der Waals surface area contributed by atoms with E-state index in [0.717, 1.165) is 22.2 Å². The number of carbonyl (C=O) groups is 1. The highest BCUT2D eigenvalue weighted by atomic mass is 16.5. The Morgan fingerprint density at radius 3 is 2.77 bits per heavy atom. The molecule has 1 fully saturated rings. The maximum Gasteiger partial charge on any atom is 0.325 e. The molecule has 0 radical (unpaired) electrons. The number of imidazole rings is 1. The number of aromatic amines is 2. The Morgan fingerprint density at radius 1 is 1.20 bits per heavy atom. The molecule has 1 saturated heterocycles. The molecule has 2 atom stereocenters. The van der Waals surface area contributed by atoms with Crippen molar-refractivity contribution in [2.24, 2.45) is 0 Å². The molecule has 2 aromatic carbocycles. The SMILES string of the molecule is Cc1cc(COc2ccc(C(=O)NC3CCOCC3c3[nH]c(=O)[nH]c3O)cc2)c2ccccc2n1. The van der Waals surface area contributed by atoms with E-state index >= 15 is 0 Å². The standard InChI is InChI=1S/C26H26N4O5/c1-15-12-17(19-4-2-3-5-21(19)27-15)13-35-18-8-6-16(7-9-18)24(31)28-22-10-11-34-14-20(22)23-25(32)30-26(33)29-23/h2-9,12,20,22,32H,10-11,13-14H2,1H3,(H,28,31)(H2,29,30,33). The number of hydrogen-bond acceptors (Lipinski definition) is 6. The van der Waals surface area contributed by atoms with Crippen molar-refractivity contribution in [3.8, 4) is 11.6 Å². The largest absolute Gasteiger partial charge is 0.493 e. The number of ether oxygens (including phenoxy) is 2. The summed E-state index contributed by atoms with van der Waals surface area (Å²) in [5.41, 5.74) is 3.23. The lowest BCUT2D eigenvalue weighted by atomic mass is 9.92. The number of nitrogens with one attached hydrogen (secondary N) is 3. The molecule has 5 rings (SSSR count). The molecule has 35 heavy (non-hydrogen) atoms. The Labute approximate surface area is 201 Å². The number of aromatic hydroxyl groups is 1. The molecule has 2 aromatic heterocycles. The van der Waals surface area contributed by atoms with Crippen molar-refractivity contribution in [1.29, 1.82) is 0 Å². The second kappa shape index (κ2) is 9.63. The Morgan fingerprint density at radius 2 is 2.00 bits per heavy atom. The molecule has 0 bridgehead atoms. The number of benzene rings is 2. The predicted molar refractivity (Wildman–Crippen MR) is 130 cm³/mol. The molecule has 0 spiro atoms. The first-order chi connectivity index (χ1) is 17.0. The maximum atomic E-state index is 12.9. The van der Waals surface area contributed by atoms with E-state index < -0.39 is 5.69 Å². The summed E-state index contributed by atoms with van der Waals surface area (Å²) in [5, 5.41) is 14.1. The van der Waals surface area contributed by atoms with E-state index in [2.05, 4.69) is 20.3 Å². The van der Waals surface area contributed by atoms with Crippen molar-refractivity contribution in [3.05, 3.63) is 87.6 Å². The van der Waals surface area contributed by atoms with Gasteiger partial charge in [0.1, 0.15) is 12.4 Å². The molecule has 0 saturated carbocycles. The summed E-state index contributed by atoms with van der Waals surface area (Å²) in [6.45, 7) is 3.11. The van der Waals surface area contributed by atoms with Crippen LogP contribution >= 0.6 is 0 Å². The number of nitrogens with zero attached hydrogens (tertiary/aromatic N) is 1. The third-order valence-electron chi connectivity index (χ3n) is 6.22. The van der Waals surface area contributed by atoms with Crippen LogP contribution in [0.25, 0.3) is 10.9 Å². The highest BCUT2D eigenvalue weighted by Crippen LogP contribution is 2.29. The lowest BCUT2D eigenvalue weighted by molar-refractivity contribution is 0.0540. The van der Waals surface area contributed by atoms with Crippen LogP contribution < -0.4 is 15.7 Å². The zero-order valence-electron chi connectivity index (χ0n) is 19.2. The molecular formula is C26H26N4O5. The lowest BCUT2D eigenvalue weighted by Gasteiger charge is -2.31. The molecule has 9 nitrogen and oxygen atoms in total. The quantitative estimate of drug-likeness (QED) is 0.340. The van der Waals surface area contributed by atoms with Gasteiger partial charge in [0.2, 0.25) is 5.88 Å². The molecule has 4 N–H and O–H groups in total. The Kier molecular flexibility index (Phi) is 6.24. The first kappa shape index (κ1) is 22.7. The van der Waals surface area contributed by atoms with Gasteiger partial charge in [-0.3, -0.25) is 14.8 Å². The van der Waals surface area contributed by atoms with E-state index in [0.29, 0.717) is 36.6 Å². The van der Waals surface area contributed by atoms with E-state index in [4.69, 9.17) is 9.47 Å². The first-order valence-electron chi connectivity index (χ1n) is 11.5.